The Morgan fingerprint density at radius 1 is 0.941 bits per heavy atom. The molecule has 2 aromatic heterocycles. The number of nitrogens with zero attached hydrogens (tertiary/aromatic N) is 4. The van der Waals surface area contributed by atoms with Crippen molar-refractivity contribution in [2.24, 2.45) is 5.73 Å². The molecule has 6 nitrogen and oxygen atoms in total. The third-order valence-electron chi connectivity index (χ3n) is 5.07. The second-order valence-corrected chi connectivity index (χ2v) is 9.16. The SMILES string of the molecule is NC(=O)c1ccc(-c2nc(CSc3nnc(-c4ccc(F)cc4)n3-c3ccccc3)cs2)cc1. The van der Waals surface area contributed by atoms with E-state index >= 15 is 0 Å². The Bertz CT molecular complexity index is 1430. The Morgan fingerprint density at radius 3 is 2.35 bits per heavy atom. The molecule has 0 aliphatic heterocycles. The molecule has 9 heteroatoms. The first kappa shape index (κ1) is 22.0. The minimum Gasteiger partial charge on any atom is -0.366 e. The smallest absolute Gasteiger partial charge is 0.248 e. The molecule has 5 rings (SSSR count). The number of nitrogens with two attached hydrogens (primary N) is 1. The van der Waals surface area contributed by atoms with Gasteiger partial charge in [0.05, 0.1) is 5.69 Å². The monoisotopic (exact) mass is 487 g/mol. The van der Waals surface area contributed by atoms with Crippen LogP contribution in [-0.4, -0.2) is 25.7 Å². The maximum Gasteiger partial charge on any atom is 0.248 e. The Hall–Kier alpha value is -3.82. The molecule has 0 saturated carbocycles. The van der Waals surface area contributed by atoms with E-state index in [9.17, 15) is 9.18 Å². The van der Waals surface area contributed by atoms with Crippen molar-refractivity contribution < 1.29 is 9.18 Å². The summed E-state index contributed by atoms with van der Waals surface area (Å²) in [4.78, 5) is 16.0. The van der Waals surface area contributed by atoms with Crippen molar-refractivity contribution in [2.45, 2.75) is 10.9 Å². The van der Waals surface area contributed by atoms with Crippen LogP contribution < -0.4 is 5.73 Å². The Morgan fingerprint density at radius 2 is 1.65 bits per heavy atom. The zero-order valence-corrected chi connectivity index (χ0v) is 19.4. The van der Waals surface area contributed by atoms with Crippen LogP contribution in [0.1, 0.15) is 16.1 Å². The van der Waals surface area contributed by atoms with Gasteiger partial charge >= 0.3 is 0 Å². The number of para-hydroxylation sites is 1. The second-order valence-electron chi connectivity index (χ2n) is 7.36. The fourth-order valence-electron chi connectivity index (χ4n) is 3.38. The van der Waals surface area contributed by atoms with Crippen LogP contribution in [0.5, 0.6) is 0 Å². The summed E-state index contributed by atoms with van der Waals surface area (Å²) in [5, 5.41) is 12.4. The van der Waals surface area contributed by atoms with Crippen LogP contribution in [-0.2, 0) is 5.75 Å². The fourth-order valence-corrected chi connectivity index (χ4v) is 5.16. The summed E-state index contributed by atoms with van der Waals surface area (Å²) in [7, 11) is 0. The number of carbonyl (C=O) groups excluding carboxylic acids is 1. The average molecular weight is 488 g/mol. The number of thiazole rings is 1. The highest BCUT2D eigenvalue weighted by molar-refractivity contribution is 7.98. The first-order valence-electron chi connectivity index (χ1n) is 10.3. The number of primary amides is 1. The number of hydrogen-bond donors (Lipinski definition) is 1. The number of benzene rings is 3. The lowest BCUT2D eigenvalue weighted by molar-refractivity contribution is 0.100. The van der Waals surface area contributed by atoms with Gasteiger partial charge < -0.3 is 5.73 Å². The number of hydrogen-bond acceptors (Lipinski definition) is 6. The Balaban J connectivity index is 1.40. The third-order valence-corrected chi connectivity index (χ3v) is 6.97. The van der Waals surface area contributed by atoms with Crippen molar-refractivity contribution in [3.8, 4) is 27.6 Å². The quantitative estimate of drug-likeness (QED) is 0.303. The molecule has 3 aromatic carbocycles. The first-order chi connectivity index (χ1) is 16.6. The van der Waals surface area contributed by atoms with Gasteiger partial charge in [-0.15, -0.1) is 21.5 Å². The van der Waals surface area contributed by atoms with Gasteiger partial charge in [0.15, 0.2) is 11.0 Å². The topological polar surface area (TPSA) is 86.7 Å². The third kappa shape index (κ3) is 4.61. The van der Waals surface area contributed by atoms with Crippen LogP contribution in [0.2, 0.25) is 0 Å². The molecule has 0 fully saturated rings. The molecule has 0 atom stereocenters. The molecular weight excluding hydrogens is 469 g/mol. The average Bonchev–Trinajstić information content (AvgIpc) is 3.51. The van der Waals surface area contributed by atoms with Crippen molar-refractivity contribution in [1.29, 1.82) is 0 Å². The van der Waals surface area contributed by atoms with Gasteiger partial charge in [-0.1, -0.05) is 42.1 Å². The van der Waals surface area contributed by atoms with Gasteiger partial charge in [-0.2, -0.15) is 0 Å². The summed E-state index contributed by atoms with van der Waals surface area (Å²) >= 11 is 3.06. The molecule has 0 radical (unpaired) electrons. The summed E-state index contributed by atoms with van der Waals surface area (Å²) in [5.41, 5.74) is 9.32. The lowest BCUT2D eigenvalue weighted by atomic mass is 10.1. The van der Waals surface area contributed by atoms with Gasteiger partial charge in [0, 0.05) is 33.5 Å². The molecule has 34 heavy (non-hydrogen) atoms. The van der Waals surface area contributed by atoms with Gasteiger partial charge in [0.1, 0.15) is 10.8 Å². The summed E-state index contributed by atoms with van der Waals surface area (Å²) in [5.74, 6) is 0.491. The Kier molecular flexibility index (Phi) is 6.20. The number of thioether (sulfide) groups is 1. The first-order valence-corrected chi connectivity index (χ1v) is 12.2. The van der Waals surface area contributed by atoms with Crippen LogP contribution in [0.25, 0.3) is 27.6 Å². The van der Waals surface area contributed by atoms with E-state index in [1.54, 1.807) is 24.3 Å². The van der Waals surface area contributed by atoms with E-state index in [0.29, 0.717) is 22.3 Å². The molecule has 0 spiro atoms. The normalized spacial score (nSPS) is 11.0. The van der Waals surface area contributed by atoms with Crippen LogP contribution >= 0.6 is 23.1 Å². The van der Waals surface area contributed by atoms with Crippen LogP contribution in [0.3, 0.4) is 0 Å². The van der Waals surface area contributed by atoms with Crippen molar-refractivity contribution in [1.82, 2.24) is 19.7 Å². The minimum absolute atomic E-state index is 0.298. The number of rotatable bonds is 7. The summed E-state index contributed by atoms with van der Waals surface area (Å²) < 4.78 is 15.4. The molecule has 0 unspecified atom stereocenters. The minimum atomic E-state index is -0.453. The number of halogens is 1. The van der Waals surface area contributed by atoms with E-state index in [2.05, 4.69) is 10.2 Å². The van der Waals surface area contributed by atoms with Crippen molar-refractivity contribution in [2.75, 3.05) is 0 Å². The largest absolute Gasteiger partial charge is 0.366 e. The van der Waals surface area contributed by atoms with E-state index in [1.165, 1.54) is 35.2 Å². The predicted molar refractivity (Wildman–Crippen MR) is 132 cm³/mol. The zero-order valence-electron chi connectivity index (χ0n) is 17.8. The molecule has 2 N–H and O–H groups in total. The highest BCUT2D eigenvalue weighted by Gasteiger charge is 2.17. The van der Waals surface area contributed by atoms with E-state index in [0.717, 1.165) is 27.5 Å². The lowest BCUT2D eigenvalue weighted by Crippen LogP contribution is -2.10. The van der Waals surface area contributed by atoms with E-state index < -0.39 is 5.91 Å². The van der Waals surface area contributed by atoms with Crippen LogP contribution in [0, 0.1) is 5.82 Å². The number of aromatic nitrogens is 4. The van der Waals surface area contributed by atoms with Gasteiger partial charge in [-0.05, 0) is 48.5 Å². The number of amides is 1. The molecule has 168 valence electrons. The van der Waals surface area contributed by atoms with Crippen LogP contribution in [0.4, 0.5) is 4.39 Å². The van der Waals surface area contributed by atoms with Gasteiger partial charge in [0.25, 0.3) is 0 Å². The molecule has 1 amide bonds. The molecule has 0 aliphatic rings. The van der Waals surface area contributed by atoms with Crippen LogP contribution in [0.15, 0.2) is 89.4 Å². The molecule has 0 aliphatic carbocycles. The van der Waals surface area contributed by atoms with Crippen molar-refractivity contribution >= 4 is 29.0 Å². The molecule has 0 bridgehead atoms. The summed E-state index contributed by atoms with van der Waals surface area (Å²) in [6.45, 7) is 0. The molecular formula is C25H18FN5OS2. The summed E-state index contributed by atoms with van der Waals surface area (Å²) in [6, 6.07) is 23.1. The lowest BCUT2D eigenvalue weighted by Gasteiger charge is -2.10. The second kappa shape index (κ2) is 9.58. The maximum atomic E-state index is 13.4. The van der Waals surface area contributed by atoms with Gasteiger partial charge in [0.2, 0.25) is 5.91 Å². The zero-order chi connectivity index (χ0) is 23.5. The fraction of sp³-hybridized carbons (Fsp3) is 0.0400. The van der Waals surface area contributed by atoms with Crippen molar-refractivity contribution in [3.05, 3.63) is 101 Å². The van der Waals surface area contributed by atoms with E-state index in [1.807, 2.05) is 52.4 Å². The molecule has 0 saturated heterocycles. The van der Waals surface area contributed by atoms with Gasteiger partial charge in [-0.25, -0.2) is 9.37 Å². The van der Waals surface area contributed by atoms with E-state index in [-0.39, 0.29) is 5.82 Å². The van der Waals surface area contributed by atoms with E-state index in [4.69, 9.17) is 10.7 Å². The highest BCUT2D eigenvalue weighted by atomic mass is 32.2. The highest BCUT2D eigenvalue weighted by Crippen LogP contribution is 2.31. The standard InChI is InChI=1S/C25H18FN5OS2/c26-19-12-10-17(11-13-19)23-29-30-25(31(23)21-4-2-1-3-5-21)34-15-20-14-33-24(28-20)18-8-6-16(7-9-18)22(27)32/h1-14H,15H2,(H2,27,32). The predicted octanol–water partition coefficient (Wildman–Crippen LogP) is 5.59. The summed E-state index contributed by atoms with van der Waals surface area (Å²) in [6.07, 6.45) is 0. The van der Waals surface area contributed by atoms with Gasteiger partial charge in [-0.3, -0.25) is 9.36 Å². The molecule has 2 heterocycles. The Labute approximate surface area is 203 Å². The molecule has 5 aromatic rings. The van der Waals surface area contributed by atoms with Crippen molar-refractivity contribution in [3.63, 3.8) is 0 Å². The maximum absolute atomic E-state index is 13.4. The number of carbonyl (C=O) groups is 1.